The highest BCUT2D eigenvalue weighted by Gasteiger charge is 2.13. The second-order valence-electron chi connectivity index (χ2n) is 4.83. The van der Waals surface area contributed by atoms with Crippen molar-refractivity contribution in [1.82, 2.24) is 5.32 Å². The fraction of sp³-hybridized carbons (Fsp3) is 0.111. The second-order valence-corrected chi connectivity index (χ2v) is 5.24. The predicted octanol–water partition coefficient (Wildman–Crippen LogP) is 3.36. The van der Waals surface area contributed by atoms with E-state index in [2.05, 4.69) is 10.6 Å². The van der Waals surface area contributed by atoms with Gasteiger partial charge in [-0.2, -0.15) is 0 Å². The van der Waals surface area contributed by atoms with Crippen LogP contribution in [-0.4, -0.2) is 26.0 Å². The third-order valence-electron chi connectivity index (χ3n) is 3.28. The van der Waals surface area contributed by atoms with Gasteiger partial charge in [0.25, 0.3) is 5.91 Å². The van der Waals surface area contributed by atoms with Crippen LogP contribution in [-0.2, 0) is 4.79 Å². The van der Waals surface area contributed by atoms with E-state index < -0.39 is 0 Å². The van der Waals surface area contributed by atoms with Crippen LogP contribution in [0.25, 0.3) is 6.08 Å². The highest BCUT2D eigenvalue weighted by molar-refractivity contribution is 6.32. The van der Waals surface area contributed by atoms with Crippen molar-refractivity contribution in [1.29, 1.82) is 0 Å². The normalized spacial score (nSPS) is 10.5. The van der Waals surface area contributed by atoms with E-state index in [0.29, 0.717) is 22.0 Å². The molecule has 2 rings (SSSR count). The van der Waals surface area contributed by atoms with E-state index in [1.807, 2.05) is 12.1 Å². The van der Waals surface area contributed by atoms with Gasteiger partial charge in [0.1, 0.15) is 5.75 Å². The van der Waals surface area contributed by atoms with Crippen LogP contribution >= 0.6 is 11.6 Å². The lowest BCUT2D eigenvalue weighted by Crippen LogP contribution is -2.21. The third kappa shape index (κ3) is 4.36. The fourth-order valence-electron chi connectivity index (χ4n) is 2.03. The summed E-state index contributed by atoms with van der Waals surface area (Å²) in [5, 5.41) is 5.76. The summed E-state index contributed by atoms with van der Waals surface area (Å²) < 4.78 is 5.11. The molecule has 0 atom stereocenters. The van der Waals surface area contributed by atoms with Crippen molar-refractivity contribution in [2.45, 2.75) is 0 Å². The molecule has 2 aromatic carbocycles. The zero-order chi connectivity index (χ0) is 17.5. The zero-order valence-corrected chi connectivity index (χ0v) is 14.1. The summed E-state index contributed by atoms with van der Waals surface area (Å²) in [4.78, 5) is 24.1. The van der Waals surface area contributed by atoms with Crippen molar-refractivity contribution in [2.75, 3.05) is 19.5 Å². The lowest BCUT2D eigenvalue weighted by Gasteiger charge is -2.10. The monoisotopic (exact) mass is 344 g/mol. The van der Waals surface area contributed by atoms with Gasteiger partial charge >= 0.3 is 0 Å². The Bertz CT molecular complexity index is 788. The standard InChI is InChI=1S/C18H17ClN2O3/c1-20-18(23)14-11-13(24-2)8-9-16(14)21-17(22)10-7-12-5-3-4-6-15(12)19/h3-11H,1-2H3,(H,20,23)(H,21,22)/b10-7+. The van der Waals surface area contributed by atoms with Crippen LogP contribution in [0.5, 0.6) is 5.75 Å². The largest absolute Gasteiger partial charge is 0.497 e. The van der Waals surface area contributed by atoms with Gasteiger partial charge in [-0.3, -0.25) is 9.59 Å². The van der Waals surface area contributed by atoms with Gasteiger partial charge in [-0.15, -0.1) is 0 Å². The Hall–Kier alpha value is -2.79. The number of hydrogen-bond donors (Lipinski definition) is 2. The zero-order valence-electron chi connectivity index (χ0n) is 13.3. The van der Waals surface area contributed by atoms with Crippen molar-refractivity contribution in [3.63, 3.8) is 0 Å². The topological polar surface area (TPSA) is 67.4 Å². The van der Waals surface area contributed by atoms with E-state index in [4.69, 9.17) is 16.3 Å². The van der Waals surface area contributed by atoms with Gasteiger partial charge in [0.05, 0.1) is 18.4 Å². The molecule has 0 aromatic heterocycles. The molecule has 24 heavy (non-hydrogen) atoms. The van der Waals surface area contributed by atoms with Gasteiger partial charge in [0.15, 0.2) is 0 Å². The number of halogens is 1. The minimum Gasteiger partial charge on any atom is -0.497 e. The molecule has 0 heterocycles. The molecule has 0 aliphatic heterocycles. The maximum atomic E-state index is 12.1. The quantitative estimate of drug-likeness (QED) is 0.817. The summed E-state index contributed by atoms with van der Waals surface area (Å²) in [6, 6.07) is 12.0. The molecule has 6 heteroatoms. The molecule has 0 saturated heterocycles. The SMILES string of the molecule is CNC(=O)c1cc(OC)ccc1NC(=O)/C=C/c1ccccc1Cl. The number of hydrogen-bond acceptors (Lipinski definition) is 3. The number of benzene rings is 2. The lowest BCUT2D eigenvalue weighted by atomic mass is 10.1. The minimum absolute atomic E-state index is 0.316. The first-order chi connectivity index (χ1) is 11.5. The number of nitrogens with one attached hydrogen (secondary N) is 2. The highest BCUT2D eigenvalue weighted by Crippen LogP contribution is 2.22. The molecule has 124 valence electrons. The van der Waals surface area contributed by atoms with E-state index in [-0.39, 0.29) is 11.8 Å². The maximum Gasteiger partial charge on any atom is 0.253 e. The number of ether oxygens (including phenoxy) is 1. The first kappa shape index (κ1) is 17.6. The first-order valence-electron chi connectivity index (χ1n) is 7.19. The molecular weight excluding hydrogens is 328 g/mol. The fourth-order valence-corrected chi connectivity index (χ4v) is 2.23. The second kappa shape index (κ2) is 8.17. The predicted molar refractivity (Wildman–Crippen MR) is 95.5 cm³/mol. The van der Waals surface area contributed by atoms with Crippen molar-refractivity contribution >= 4 is 35.2 Å². The van der Waals surface area contributed by atoms with Crippen LogP contribution in [0.15, 0.2) is 48.5 Å². The summed E-state index contributed by atoms with van der Waals surface area (Å²) >= 11 is 6.04. The minimum atomic E-state index is -0.370. The summed E-state index contributed by atoms with van der Waals surface area (Å²) in [6.45, 7) is 0. The van der Waals surface area contributed by atoms with E-state index >= 15 is 0 Å². The Morgan fingerprint density at radius 1 is 1.17 bits per heavy atom. The van der Waals surface area contributed by atoms with E-state index in [9.17, 15) is 9.59 Å². The van der Waals surface area contributed by atoms with Crippen LogP contribution in [0, 0.1) is 0 Å². The molecule has 2 amide bonds. The maximum absolute atomic E-state index is 12.1. The molecule has 0 aliphatic carbocycles. The Labute approximate surface area is 145 Å². The van der Waals surface area contributed by atoms with Crippen LogP contribution in [0.1, 0.15) is 15.9 Å². The number of anilines is 1. The van der Waals surface area contributed by atoms with Crippen molar-refractivity contribution < 1.29 is 14.3 Å². The Morgan fingerprint density at radius 3 is 2.58 bits per heavy atom. The molecule has 0 saturated carbocycles. The Kier molecular flexibility index (Phi) is 5.98. The van der Waals surface area contributed by atoms with Crippen molar-refractivity contribution in [2.24, 2.45) is 0 Å². The average Bonchev–Trinajstić information content (AvgIpc) is 2.60. The first-order valence-corrected chi connectivity index (χ1v) is 7.56. The molecule has 2 N–H and O–H groups in total. The number of rotatable bonds is 5. The number of methoxy groups -OCH3 is 1. The van der Waals surface area contributed by atoms with Crippen molar-refractivity contribution in [3.8, 4) is 5.75 Å². The molecule has 0 aliphatic rings. The molecule has 5 nitrogen and oxygen atoms in total. The van der Waals surface area contributed by atoms with Crippen LogP contribution in [0.3, 0.4) is 0 Å². The molecule has 0 bridgehead atoms. The van der Waals surface area contributed by atoms with Gasteiger partial charge in [-0.25, -0.2) is 0 Å². The van der Waals surface area contributed by atoms with Gasteiger partial charge < -0.3 is 15.4 Å². The van der Waals surface area contributed by atoms with E-state index in [1.165, 1.54) is 20.2 Å². The van der Waals surface area contributed by atoms with Crippen molar-refractivity contribution in [3.05, 3.63) is 64.7 Å². The van der Waals surface area contributed by atoms with E-state index in [0.717, 1.165) is 5.56 Å². The molecule has 0 spiro atoms. The molecule has 0 unspecified atom stereocenters. The van der Waals surface area contributed by atoms with Crippen LogP contribution < -0.4 is 15.4 Å². The summed E-state index contributed by atoms with van der Waals surface area (Å²) in [5.41, 5.74) is 1.44. The van der Waals surface area contributed by atoms with Crippen LogP contribution in [0.4, 0.5) is 5.69 Å². The summed E-state index contributed by atoms with van der Waals surface area (Å²) in [7, 11) is 3.03. The molecular formula is C18H17ClN2O3. The van der Waals surface area contributed by atoms with Gasteiger partial charge in [0, 0.05) is 18.1 Å². The Balaban J connectivity index is 2.19. The van der Waals surface area contributed by atoms with E-state index in [1.54, 1.807) is 36.4 Å². The van der Waals surface area contributed by atoms with Gasteiger partial charge in [-0.05, 0) is 35.9 Å². The number of amides is 2. The summed E-state index contributed by atoms with van der Waals surface area (Å²) in [6.07, 6.45) is 2.97. The van der Waals surface area contributed by atoms with Gasteiger partial charge in [-0.1, -0.05) is 29.8 Å². The Morgan fingerprint density at radius 2 is 1.92 bits per heavy atom. The molecule has 0 fully saturated rings. The van der Waals surface area contributed by atoms with Crippen LogP contribution in [0.2, 0.25) is 5.02 Å². The molecule has 2 aromatic rings. The number of carbonyl (C=O) groups is 2. The number of carbonyl (C=O) groups excluding carboxylic acids is 2. The average molecular weight is 345 g/mol. The smallest absolute Gasteiger partial charge is 0.253 e. The summed E-state index contributed by atoms with van der Waals surface area (Å²) in [5.74, 6) is -0.164. The lowest BCUT2D eigenvalue weighted by molar-refractivity contribution is -0.111. The molecule has 0 radical (unpaired) electrons. The van der Waals surface area contributed by atoms with Gasteiger partial charge in [0.2, 0.25) is 5.91 Å². The third-order valence-corrected chi connectivity index (χ3v) is 3.62. The highest BCUT2D eigenvalue weighted by atomic mass is 35.5.